The largest absolute Gasteiger partial charge is 0.784 e. The number of nitrogens with zero attached hydrogens (tertiary/aromatic N) is 2. The van der Waals surface area contributed by atoms with Gasteiger partial charge in [-0.05, 0) is 25.7 Å². The number of carbonyl (C=O) groups is 1. The highest BCUT2D eigenvalue weighted by Gasteiger charge is 2.36. The summed E-state index contributed by atoms with van der Waals surface area (Å²) in [5, 5.41) is 40.9. The summed E-state index contributed by atoms with van der Waals surface area (Å²) in [5.74, 6) is 4.85. The number of hydroxylamine groups is 2. The van der Waals surface area contributed by atoms with Gasteiger partial charge in [0.1, 0.15) is 6.23 Å². The molecule has 2 atom stereocenters. The average Bonchev–Trinajstić information content (AvgIpc) is 2.34. The van der Waals surface area contributed by atoms with E-state index in [1.54, 1.807) is 0 Å². The molecule has 21 heavy (non-hydrogen) atoms. The van der Waals surface area contributed by atoms with E-state index >= 15 is 0 Å². The smallest absolute Gasteiger partial charge is 0.257 e. The van der Waals surface area contributed by atoms with Gasteiger partial charge >= 0.3 is 0 Å². The van der Waals surface area contributed by atoms with E-state index in [0.29, 0.717) is 10.1 Å². The molecule has 0 heterocycles. The Labute approximate surface area is 125 Å². The molecule has 0 rings (SSSR count). The molecule has 0 spiro atoms. The fourth-order valence-electron chi connectivity index (χ4n) is 1.68. The first-order valence-electron chi connectivity index (χ1n) is 6.83. The molecule has 0 saturated heterocycles. The van der Waals surface area contributed by atoms with Crippen molar-refractivity contribution in [3.8, 4) is 0 Å². The molecule has 5 N–H and O–H groups in total. The fourth-order valence-corrected chi connectivity index (χ4v) is 1.68. The summed E-state index contributed by atoms with van der Waals surface area (Å²) in [7, 11) is 0. The number of β-amino-alcohol motifs (C(OH)–C–C–N with tert-alkyl or cyclic N) is 1. The minimum Gasteiger partial charge on any atom is -0.784 e. The molecule has 126 valence electrons. The normalized spacial score (nSPS) is 16.0. The molecule has 0 aromatic carbocycles. The molecule has 0 aromatic rings. The number of nitrogens with two attached hydrogens (primary N) is 1. The lowest BCUT2D eigenvalue weighted by molar-refractivity contribution is -0.154. The Hall–Kier alpha value is -0.770. The molecule has 0 aliphatic carbocycles. The quantitative estimate of drug-likeness (QED) is 0.213. The van der Waals surface area contributed by atoms with Crippen LogP contribution in [-0.2, 0) is 4.79 Å². The van der Waals surface area contributed by atoms with E-state index in [0.717, 1.165) is 0 Å². The van der Waals surface area contributed by atoms with Crippen LogP contribution >= 0.6 is 0 Å². The standard InChI is InChI=1S/C13H28N3O5/c1-12(2,3)6-10(19)16(14)11(20)13(4,5)15(21)7-9(18)8-17/h9-10,17-19H,6-8,14H2,1-5H3/q-1. The second kappa shape index (κ2) is 7.48. The highest BCUT2D eigenvalue weighted by molar-refractivity contribution is 5.85. The second-order valence-electron chi connectivity index (χ2n) is 6.91. The van der Waals surface area contributed by atoms with Crippen molar-refractivity contribution in [2.45, 2.75) is 58.9 Å². The molecule has 8 nitrogen and oxygen atoms in total. The fraction of sp³-hybridized carbons (Fsp3) is 0.923. The summed E-state index contributed by atoms with van der Waals surface area (Å²) in [5.41, 5.74) is -1.81. The van der Waals surface area contributed by atoms with E-state index in [1.807, 2.05) is 20.8 Å². The Bertz CT molecular complexity index is 343. The SMILES string of the molecule is CC(C)(C)CC(O)N(N)C(=O)C(C)(C)N([O-])CC(O)CO. The maximum atomic E-state index is 12.3. The third-order valence-corrected chi connectivity index (χ3v) is 3.08. The highest BCUT2D eigenvalue weighted by Crippen LogP contribution is 2.23. The maximum Gasteiger partial charge on any atom is 0.257 e. The third-order valence-electron chi connectivity index (χ3n) is 3.08. The molecule has 0 saturated carbocycles. The summed E-state index contributed by atoms with van der Waals surface area (Å²) >= 11 is 0. The van der Waals surface area contributed by atoms with E-state index < -0.39 is 36.9 Å². The van der Waals surface area contributed by atoms with Crippen LogP contribution in [0.4, 0.5) is 0 Å². The van der Waals surface area contributed by atoms with Crippen molar-refractivity contribution < 1.29 is 20.1 Å². The summed E-state index contributed by atoms with van der Waals surface area (Å²) in [6.45, 7) is 7.33. The first kappa shape index (κ1) is 20.2. The Morgan fingerprint density at radius 2 is 1.71 bits per heavy atom. The van der Waals surface area contributed by atoms with Gasteiger partial charge in [0.25, 0.3) is 5.91 Å². The highest BCUT2D eigenvalue weighted by atomic mass is 16.5. The van der Waals surface area contributed by atoms with Crippen molar-refractivity contribution in [2.24, 2.45) is 11.3 Å². The van der Waals surface area contributed by atoms with E-state index in [9.17, 15) is 20.2 Å². The topological polar surface area (TPSA) is 133 Å². The predicted octanol–water partition coefficient (Wildman–Crippen LogP) is -0.625. The first-order valence-corrected chi connectivity index (χ1v) is 6.83. The molecule has 2 unspecified atom stereocenters. The number of hydrogen-bond acceptors (Lipinski definition) is 7. The van der Waals surface area contributed by atoms with E-state index in [-0.39, 0.29) is 11.8 Å². The van der Waals surface area contributed by atoms with Crippen molar-refractivity contribution in [1.82, 2.24) is 10.1 Å². The Morgan fingerprint density at radius 3 is 2.10 bits per heavy atom. The van der Waals surface area contributed by atoms with E-state index in [4.69, 9.17) is 10.9 Å². The van der Waals surface area contributed by atoms with Crippen LogP contribution < -0.4 is 5.84 Å². The number of aliphatic hydroxyl groups is 3. The van der Waals surface area contributed by atoms with Crippen molar-refractivity contribution in [3.63, 3.8) is 0 Å². The van der Waals surface area contributed by atoms with Crippen LogP contribution in [0.3, 0.4) is 0 Å². The van der Waals surface area contributed by atoms with Gasteiger partial charge in [0.2, 0.25) is 0 Å². The molecule has 8 heteroatoms. The molecule has 0 radical (unpaired) electrons. The molecule has 0 fully saturated rings. The van der Waals surface area contributed by atoms with Crippen LogP contribution in [0, 0.1) is 10.6 Å². The number of rotatable bonds is 7. The van der Waals surface area contributed by atoms with Crippen molar-refractivity contribution in [1.29, 1.82) is 0 Å². The molecular formula is C13H28N3O5-. The van der Waals surface area contributed by atoms with Crippen LogP contribution in [0.25, 0.3) is 0 Å². The molecule has 1 amide bonds. The zero-order chi connectivity index (χ0) is 17.0. The van der Waals surface area contributed by atoms with Crippen molar-refractivity contribution >= 4 is 5.91 Å². The summed E-state index contributed by atoms with van der Waals surface area (Å²) in [6, 6.07) is 0. The number of carbonyl (C=O) groups excluding carboxylic acids is 1. The van der Waals surface area contributed by atoms with Gasteiger partial charge < -0.3 is 25.6 Å². The first-order chi connectivity index (χ1) is 9.32. The monoisotopic (exact) mass is 306 g/mol. The van der Waals surface area contributed by atoms with Crippen LogP contribution in [-0.4, -0.2) is 62.3 Å². The Balaban J connectivity index is 4.87. The number of aliphatic hydroxyl groups excluding tert-OH is 3. The third kappa shape index (κ3) is 6.25. The van der Waals surface area contributed by atoms with Gasteiger partial charge in [-0.1, -0.05) is 20.8 Å². The second-order valence-corrected chi connectivity index (χ2v) is 6.91. The summed E-state index contributed by atoms with van der Waals surface area (Å²) < 4.78 is 0. The van der Waals surface area contributed by atoms with E-state index in [2.05, 4.69) is 0 Å². The summed E-state index contributed by atoms with van der Waals surface area (Å²) in [6.07, 6.45) is -2.21. The number of hydrogen-bond donors (Lipinski definition) is 4. The van der Waals surface area contributed by atoms with Gasteiger partial charge in [0.05, 0.1) is 18.2 Å². The lowest BCUT2D eigenvalue weighted by atomic mass is 9.91. The van der Waals surface area contributed by atoms with Crippen molar-refractivity contribution in [2.75, 3.05) is 13.2 Å². The van der Waals surface area contributed by atoms with E-state index in [1.165, 1.54) is 13.8 Å². The van der Waals surface area contributed by atoms with Crippen LogP contribution in [0.15, 0.2) is 0 Å². The average molecular weight is 306 g/mol. The van der Waals surface area contributed by atoms with Gasteiger partial charge in [-0.3, -0.25) is 9.80 Å². The summed E-state index contributed by atoms with van der Waals surface area (Å²) in [4.78, 5) is 12.3. The maximum absolute atomic E-state index is 12.3. The minimum atomic E-state index is -1.57. The number of amides is 1. The van der Waals surface area contributed by atoms with Gasteiger partial charge in [-0.15, -0.1) is 0 Å². The molecule has 0 aliphatic rings. The lowest BCUT2D eigenvalue weighted by Gasteiger charge is -2.45. The van der Waals surface area contributed by atoms with Crippen LogP contribution in [0.1, 0.15) is 41.0 Å². The van der Waals surface area contributed by atoms with Crippen LogP contribution in [0.5, 0.6) is 0 Å². The lowest BCUT2D eigenvalue weighted by Crippen LogP contribution is -2.60. The molecular weight excluding hydrogens is 278 g/mol. The Kier molecular flexibility index (Phi) is 7.21. The minimum absolute atomic E-state index is 0.244. The molecule has 0 bridgehead atoms. The van der Waals surface area contributed by atoms with Gasteiger partial charge in [-0.2, -0.15) is 0 Å². The molecule has 0 aliphatic heterocycles. The van der Waals surface area contributed by atoms with Gasteiger partial charge in [0.15, 0.2) is 0 Å². The predicted molar refractivity (Wildman–Crippen MR) is 78.4 cm³/mol. The zero-order valence-corrected chi connectivity index (χ0v) is 13.4. The Morgan fingerprint density at radius 1 is 1.24 bits per heavy atom. The van der Waals surface area contributed by atoms with Gasteiger partial charge in [0, 0.05) is 6.54 Å². The van der Waals surface area contributed by atoms with Crippen LogP contribution in [0.2, 0.25) is 0 Å². The number of hydrazine groups is 1. The van der Waals surface area contributed by atoms with Crippen molar-refractivity contribution in [3.05, 3.63) is 5.21 Å². The zero-order valence-electron chi connectivity index (χ0n) is 13.4. The molecule has 0 aromatic heterocycles. The van der Waals surface area contributed by atoms with Gasteiger partial charge in [-0.25, -0.2) is 5.84 Å².